The molecule has 1 aromatic rings. The summed E-state index contributed by atoms with van der Waals surface area (Å²) in [6.45, 7) is 7.78. The van der Waals surface area contributed by atoms with Gasteiger partial charge in [0.15, 0.2) is 0 Å². The number of imide groups is 1. The van der Waals surface area contributed by atoms with Crippen molar-refractivity contribution in [3.8, 4) is 0 Å². The van der Waals surface area contributed by atoms with Crippen LogP contribution >= 0.6 is 0 Å². The average molecular weight is 307 g/mol. The summed E-state index contributed by atoms with van der Waals surface area (Å²) in [6, 6.07) is -0.331. The number of nitrogens with zero attached hydrogens (tertiary/aromatic N) is 2. The van der Waals surface area contributed by atoms with Crippen molar-refractivity contribution in [3.63, 3.8) is 0 Å². The van der Waals surface area contributed by atoms with Gasteiger partial charge in [-0.1, -0.05) is 37.8 Å². The molecule has 6 heteroatoms. The molecule has 22 heavy (non-hydrogen) atoms. The molecule has 1 unspecified atom stereocenters. The summed E-state index contributed by atoms with van der Waals surface area (Å²) < 4.78 is 5.10. The number of aryl methyl sites for hydroxylation is 2. The van der Waals surface area contributed by atoms with Gasteiger partial charge in [-0.15, -0.1) is 0 Å². The second-order valence-corrected chi connectivity index (χ2v) is 6.27. The van der Waals surface area contributed by atoms with Gasteiger partial charge in [-0.25, -0.2) is 4.79 Å². The van der Waals surface area contributed by atoms with Crippen LogP contribution in [0.5, 0.6) is 0 Å². The van der Waals surface area contributed by atoms with Crippen LogP contribution in [0.4, 0.5) is 4.79 Å². The Hall–Kier alpha value is -1.85. The molecule has 0 radical (unpaired) electrons. The Kier molecular flexibility index (Phi) is 4.88. The molecule has 1 fully saturated rings. The normalized spacial score (nSPS) is 21.5. The number of hydrogen-bond acceptors (Lipinski definition) is 4. The van der Waals surface area contributed by atoms with Crippen LogP contribution in [0.3, 0.4) is 0 Å². The third kappa shape index (κ3) is 3.15. The van der Waals surface area contributed by atoms with Crippen molar-refractivity contribution in [1.29, 1.82) is 0 Å². The Bertz CT molecular complexity index is 547. The number of carbonyl (C=O) groups excluding carboxylic acids is 2. The molecule has 0 saturated carbocycles. The number of unbranched alkanes of at least 4 members (excludes halogenated alkanes) is 3. The highest BCUT2D eigenvalue weighted by molar-refractivity contribution is 6.06. The lowest BCUT2D eigenvalue weighted by Gasteiger charge is -2.21. The van der Waals surface area contributed by atoms with Crippen molar-refractivity contribution < 1.29 is 14.1 Å². The highest BCUT2D eigenvalue weighted by Gasteiger charge is 2.47. The smallest absolute Gasteiger partial charge is 0.325 e. The van der Waals surface area contributed by atoms with Crippen LogP contribution in [-0.2, 0) is 11.3 Å². The van der Waals surface area contributed by atoms with E-state index in [9.17, 15) is 9.59 Å². The van der Waals surface area contributed by atoms with Crippen molar-refractivity contribution in [1.82, 2.24) is 15.4 Å². The second kappa shape index (κ2) is 6.50. The fourth-order valence-electron chi connectivity index (χ4n) is 2.85. The molecule has 2 rings (SSSR count). The number of hydrogen-bond donors (Lipinski definition) is 1. The molecule has 1 N–H and O–H groups in total. The van der Waals surface area contributed by atoms with Gasteiger partial charge < -0.3 is 9.84 Å². The first-order valence-electron chi connectivity index (χ1n) is 7.95. The summed E-state index contributed by atoms with van der Waals surface area (Å²) in [5.41, 5.74) is 0.734. The lowest BCUT2D eigenvalue weighted by atomic mass is 9.94. The molecule has 1 atom stereocenters. The van der Waals surface area contributed by atoms with Crippen molar-refractivity contribution in [2.45, 2.75) is 71.9 Å². The van der Waals surface area contributed by atoms with Crippen LogP contribution in [-0.4, -0.2) is 27.5 Å². The van der Waals surface area contributed by atoms with E-state index >= 15 is 0 Å². The Morgan fingerprint density at radius 2 is 1.95 bits per heavy atom. The predicted octanol–water partition coefficient (Wildman–Crippen LogP) is 3.07. The first-order chi connectivity index (χ1) is 10.4. The standard InChI is InChI=1S/C16H25N3O3/c1-5-6-7-8-9-16(4)14(20)19(15(21)17-16)10-13-11(2)18-22-12(13)3/h5-10H2,1-4H3,(H,17,21). The molecule has 1 aliphatic heterocycles. The molecule has 0 bridgehead atoms. The van der Waals surface area contributed by atoms with Gasteiger partial charge in [0.1, 0.15) is 11.3 Å². The van der Waals surface area contributed by atoms with Gasteiger partial charge in [0.25, 0.3) is 5.91 Å². The number of carbonyl (C=O) groups is 2. The van der Waals surface area contributed by atoms with Gasteiger partial charge in [0.2, 0.25) is 0 Å². The highest BCUT2D eigenvalue weighted by atomic mass is 16.5. The Labute approximate surface area is 131 Å². The van der Waals surface area contributed by atoms with Crippen LogP contribution in [0.2, 0.25) is 0 Å². The lowest BCUT2D eigenvalue weighted by Crippen LogP contribution is -2.43. The first-order valence-corrected chi connectivity index (χ1v) is 7.95. The lowest BCUT2D eigenvalue weighted by molar-refractivity contribution is -0.131. The molecular formula is C16H25N3O3. The third-order valence-corrected chi connectivity index (χ3v) is 4.37. The largest absolute Gasteiger partial charge is 0.361 e. The molecule has 122 valence electrons. The Balaban J connectivity index is 2.05. The number of urea groups is 1. The SMILES string of the molecule is CCCCCCC1(C)NC(=O)N(Cc2c(C)noc2C)C1=O. The van der Waals surface area contributed by atoms with Crippen LogP contribution in [0, 0.1) is 13.8 Å². The fourth-order valence-corrected chi connectivity index (χ4v) is 2.85. The van der Waals surface area contributed by atoms with Crippen molar-refractivity contribution in [2.75, 3.05) is 0 Å². The zero-order valence-corrected chi connectivity index (χ0v) is 13.9. The van der Waals surface area contributed by atoms with E-state index in [1.807, 2.05) is 13.8 Å². The molecule has 0 spiro atoms. The molecule has 1 aromatic heterocycles. The maximum atomic E-state index is 12.6. The maximum Gasteiger partial charge on any atom is 0.325 e. The molecule has 2 heterocycles. The molecule has 1 aliphatic rings. The van der Waals surface area contributed by atoms with E-state index in [1.54, 1.807) is 6.92 Å². The molecule has 6 nitrogen and oxygen atoms in total. The van der Waals surface area contributed by atoms with E-state index in [4.69, 9.17) is 4.52 Å². The van der Waals surface area contributed by atoms with Crippen LogP contribution < -0.4 is 5.32 Å². The Morgan fingerprint density at radius 1 is 1.23 bits per heavy atom. The van der Waals surface area contributed by atoms with E-state index in [0.717, 1.165) is 36.9 Å². The zero-order valence-electron chi connectivity index (χ0n) is 13.9. The van der Waals surface area contributed by atoms with Gasteiger partial charge in [-0.2, -0.15) is 0 Å². The summed E-state index contributed by atoms with van der Waals surface area (Å²) >= 11 is 0. The summed E-state index contributed by atoms with van der Waals surface area (Å²) in [4.78, 5) is 26.1. The van der Waals surface area contributed by atoms with Gasteiger partial charge in [-0.05, 0) is 27.2 Å². The highest BCUT2D eigenvalue weighted by Crippen LogP contribution is 2.26. The van der Waals surface area contributed by atoms with Crippen molar-refractivity contribution in [2.24, 2.45) is 0 Å². The molecule has 0 aliphatic carbocycles. The maximum absolute atomic E-state index is 12.6. The number of amides is 3. The minimum atomic E-state index is -0.788. The van der Waals surface area contributed by atoms with Crippen LogP contribution in [0.1, 0.15) is 63.0 Å². The van der Waals surface area contributed by atoms with E-state index in [-0.39, 0.29) is 18.5 Å². The third-order valence-electron chi connectivity index (χ3n) is 4.37. The monoisotopic (exact) mass is 307 g/mol. The summed E-state index contributed by atoms with van der Waals surface area (Å²) in [7, 11) is 0. The van der Waals surface area contributed by atoms with E-state index in [0.29, 0.717) is 12.2 Å². The topological polar surface area (TPSA) is 75.4 Å². The predicted molar refractivity (Wildman–Crippen MR) is 82.2 cm³/mol. The van der Waals surface area contributed by atoms with Crippen molar-refractivity contribution in [3.05, 3.63) is 17.0 Å². The van der Waals surface area contributed by atoms with Gasteiger partial charge in [-0.3, -0.25) is 9.69 Å². The van der Waals surface area contributed by atoms with Crippen LogP contribution in [0.15, 0.2) is 4.52 Å². The first kappa shape index (κ1) is 16.5. The summed E-state index contributed by atoms with van der Waals surface area (Å²) in [5, 5.41) is 6.71. The minimum absolute atomic E-state index is 0.158. The average Bonchev–Trinajstić information content (AvgIpc) is 2.89. The van der Waals surface area contributed by atoms with E-state index in [1.165, 1.54) is 4.90 Å². The van der Waals surface area contributed by atoms with Gasteiger partial charge in [0, 0.05) is 5.56 Å². The minimum Gasteiger partial charge on any atom is -0.361 e. The number of aromatic nitrogens is 1. The zero-order chi connectivity index (χ0) is 16.3. The van der Waals surface area contributed by atoms with Crippen molar-refractivity contribution >= 4 is 11.9 Å². The summed E-state index contributed by atoms with van der Waals surface area (Å²) in [6.07, 6.45) is 5.00. The number of rotatable bonds is 7. The molecule has 0 aromatic carbocycles. The Morgan fingerprint density at radius 3 is 2.55 bits per heavy atom. The fraction of sp³-hybridized carbons (Fsp3) is 0.688. The van der Waals surface area contributed by atoms with Gasteiger partial charge >= 0.3 is 6.03 Å². The quantitative estimate of drug-likeness (QED) is 0.620. The molecule has 1 saturated heterocycles. The molecule has 3 amide bonds. The number of nitrogens with one attached hydrogen (secondary N) is 1. The van der Waals surface area contributed by atoms with E-state index < -0.39 is 5.54 Å². The van der Waals surface area contributed by atoms with Gasteiger partial charge in [0.05, 0.1) is 12.2 Å². The molecular weight excluding hydrogens is 282 g/mol. The van der Waals surface area contributed by atoms with Crippen LogP contribution in [0.25, 0.3) is 0 Å². The van der Waals surface area contributed by atoms with E-state index in [2.05, 4.69) is 17.4 Å². The second-order valence-electron chi connectivity index (χ2n) is 6.27. The summed E-state index contributed by atoms with van der Waals surface area (Å²) in [5.74, 6) is 0.489.